The first-order chi connectivity index (χ1) is 13.2. The van der Waals surface area contributed by atoms with Crippen molar-refractivity contribution in [3.8, 4) is 11.3 Å². The maximum Gasteiger partial charge on any atom is 0.257 e. The molecule has 1 heterocycles. The quantitative estimate of drug-likeness (QED) is 0.648. The number of aromatic nitrogens is 1. The van der Waals surface area contributed by atoms with Crippen molar-refractivity contribution >= 4 is 44.0 Å². The van der Waals surface area contributed by atoms with Crippen LogP contribution < -0.4 is 5.32 Å². The van der Waals surface area contributed by atoms with E-state index < -0.39 is 10.0 Å². The van der Waals surface area contributed by atoms with Crippen molar-refractivity contribution in [1.29, 1.82) is 0 Å². The van der Waals surface area contributed by atoms with Crippen LogP contribution in [0.4, 0.5) is 5.13 Å². The Morgan fingerprint density at radius 1 is 1.07 bits per heavy atom. The largest absolute Gasteiger partial charge is 0.298 e. The molecule has 0 saturated heterocycles. The third kappa shape index (κ3) is 4.25. The van der Waals surface area contributed by atoms with Crippen molar-refractivity contribution in [3.05, 3.63) is 64.0 Å². The number of halogens is 1. The number of carbonyl (C=O) groups is 1. The number of nitrogens with zero attached hydrogens (tertiary/aromatic N) is 2. The maximum absolute atomic E-state index is 12.5. The molecule has 28 heavy (non-hydrogen) atoms. The third-order valence-electron chi connectivity index (χ3n) is 4.03. The van der Waals surface area contributed by atoms with E-state index in [1.54, 1.807) is 12.1 Å². The summed E-state index contributed by atoms with van der Waals surface area (Å²) in [7, 11) is -0.618. The van der Waals surface area contributed by atoms with Crippen LogP contribution in [0, 0.1) is 6.92 Å². The molecule has 0 aliphatic heterocycles. The van der Waals surface area contributed by atoms with Crippen LogP contribution in [0.15, 0.2) is 53.4 Å². The number of aryl methyl sites for hydroxylation is 1. The summed E-state index contributed by atoms with van der Waals surface area (Å²) in [5.74, 6) is -0.356. The first-order valence-electron chi connectivity index (χ1n) is 8.26. The monoisotopic (exact) mass is 435 g/mol. The summed E-state index contributed by atoms with van der Waals surface area (Å²) >= 11 is 7.29. The summed E-state index contributed by atoms with van der Waals surface area (Å²) < 4.78 is 25.3. The van der Waals surface area contributed by atoms with E-state index in [2.05, 4.69) is 10.3 Å². The lowest BCUT2D eigenvalue weighted by molar-refractivity contribution is 0.102. The average molecular weight is 436 g/mol. The minimum absolute atomic E-state index is 0.129. The standard InChI is InChI=1S/C19H18ClN3O3S2/c1-12-17(13-4-8-15(20)9-5-13)21-19(27-12)22-18(24)14-6-10-16(11-7-14)28(25,26)23(2)3/h4-11H,1-3H3,(H,21,22,24). The van der Waals surface area contributed by atoms with Gasteiger partial charge in [-0.15, -0.1) is 11.3 Å². The fourth-order valence-corrected chi connectivity index (χ4v) is 4.34. The lowest BCUT2D eigenvalue weighted by Gasteiger charge is -2.11. The molecule has 9 heteroatoms. The Balaban J connectivity index is 1.78. The number of anilines is 1. The molecule has 0 spiro atoms. The Labute approximate surface area is 172 Å². The van der Waals surface area contributed by atoms with E-state index in [0.29, 0.717) is 15.7 Å². The van der Waals surface area contributed by atoms with Crippen molar-refractivity contribution in [2.24, 2.45) is 0 Å². The zero-order valence-electron chi connectivity index (χ0n) is 15.4. The molecule has 0 bridgehead atoms. The lowest BCUT2D eigenvalue weighted by Crippen LogP contribution is -2.22. The van der Waals surface area contributed by atoms with E-state index in [0.717, 1.165) is 20.4 Å². The van der Waals surface area contributed by atoms with Gasteiger partial charge in [0.25, 0.3) is 5.91 Å². The number of benzene rings is 2. The smallest absolute Gasteiger partial charge is 0.257 e. The van der Waals surface area contributed by atoms with Crippen LogP contribution in [-0.4, -0.2) is 37.7 Å². The number of carbonyl (C=O) groups excluding carboxylic acids is 1. The van der Waals surface area contributed by atoms with E-state index >= 15 is 0 Å². The average Bonchev–Trinajstić information content (AvgIpc) is 3.02. The Hall–Kier alpha value is -2.26. The maximum atomic E-state index is 12.5. The van der Waals surface area contributed by atoms with Crippen molar-refractivity contribution in [2.45, 2.75) is 11.8 Å². The second-order valence-corrected chi connectivity index (χ2v) is 9.99. The molecule has 6 nitrogen and oxygen atoms in total. The van der Waals surface area contributed by atoms with Crippen LogP contribution in [0.5, 0.6) is 0 Å². The number of hydrogen-bond acceptors (Lipinski definition) is 5. The molecule has 2 aromatic carbocycles. The summed E-state index contributed by atoms with van der Waals surface area (Å²) in [4.78, 5) is 18.1. The van der Waals surface area contributed by atoms with E-state index in [1.165, 1.54) is 49.7 Å². The molecule has 0 radical (unpaired) electrons. The molecule has 0 aliphatic carbocycles. The summed E-state index contributed by atoms with van der Waals surface area (Å²) in [6, 6.07) is 13.1. The highest BCUT2D eigenvalue weighted by atomic mass is 35.5. The molecule has 0 atom stereocenters. The highest BCUT2D eigenvalue weighted by molar-refractivity contribution is 7.89. The first kappa shape index (κ1) is 20.5. The Morgan fingerprint density at radius 2 is 1.68 bits per heavy atom. The van der Waals surface area contributed by atoms with E-state index in [4.69, 9.17) is 11.6 Å². The first-order valence-corrected chi connectivity index (χ1v) is 10.9. The number of hydrogen-bond donors (Lipinski definition) is 1. The molecule has 0 aliphatic rings. The van der Waals surface area contributed by atoms with Gasteiger partial charge in [-0.25, -0.2) is 17.7 Å². The number of thiazole rings is 1. The van der Waals surface area contributed by atoms with Crippen molar-refractivity contribution < 1.29 is 13.2 Å². The van der Waals surface area contributed by atoms with Crippen LogP contribution in [0.2, 0.25) is 5.02 Å². The Bertz CT molecular complexity index is 1110. The topological polar surface area (TPSA) is 79.4 Å². The van der Waals surface area contributed by atoms with Crippen LogP contribution in [-0.2, 0) is 10.0 Å². The van der Waals surface area contributed by atoms with Crippen molar-refractivity contribution in [3.63, 3.8) is 0 Å². The summed E-state index contributed by atoms with van der Waals surface area (Å²) in [6.07, 6.45) is 0. The predicted molar refractivity (Wildman–Crippen MR) is 113 cm³/mol. The van der Waals surface area contributed by atoms with Gasteiger partial charge >= 0.3 is 0 Å². The minimum atomic E-state index is -3.53. The van der Waals surface area contributed by atoms with E-state index in [-0.39, 0.29) is 10.8 Å². The van der Waals surface area contributed by atoms with Gasteiger partial charge in [-0.2, -0.15) is 0 Å². The van der Waals surface area contributed by atoms with Crippen LogP contribution >= 0.6 is 22.9 Å². The number of sulfonamides is 1. The normalized spacial score (nSPS) is 11.6. The van der Waals surface area contributed by atoms with Crippen molar-refractivity contribution in [2.75, 3.05) is 19.4 Å². The van der Waals surface area contributed by atoms with Gasteiger partial charge in [0.15, 0.2) is 5.13 Å². The SMILES string of the molecule is Cc1sc(NC(=O)c2ccc(S(=O)(=O)N(C)C)cc2)nc1-c1ccc(Cl)cc1. The molecule has 3 aromatic rings. The van der Waals surface area contributed by atoms with Gasteiger partial charge in [-0.05, 0) is 43.3 Å². The Kier molecular flexibility index (Phi) is 5.85. The van der Waals surface area contributed by atoms with Gasteiger partial charge in [-0.1, -0.05) is 23.7 Å². The molecular formula is C19H18ClN3O3S2. The molecule has 0 saturated carbocycles. The van der Waals surface area contributed by atoms with Gasteiger partial charge in [0.1, 0.15) is 0 Å². The second-order valence-electron chi connectivity index (χ2n) is 6.20. The lowest BCUT2D eigenvalue weighted by atomic mass is 10.1. The summed E-state index contributed by atoms with van der Waals surface area (Å²) in [6.45, 7) is 1.93. The fourth-order valence-electron chi connectivity index (χ4n) is 2.48. The highest BCUT2D eigenvalue weighted by Crippen LogP contribution is 2.31. The number of amides is 1. The fraction of sp³-hybridized carbons (Fsp3) is 0.158. The molecular weight excluding hydrogens is 418 g/mol. The molecule has 3 rings (SSSR count). The number of nitrogens with one attached hydrogen (secondary N) is 1. The van der Waals surface area contributed by atoms with Crippen LogP contribution in [0.1, 0.15) is 15.2 Å². The molecule has 1 amide bonds. The summed E-state index contributed by atoms with van der Waals surface area (Å²) in [5.41, 5.74) is 2.04. The van der Waals surface area contributed by atoms with Gasteiger partial charge < -0.3 is 0 Å². The van der Waals surface area contributed by atoms with Gasteiger partial charge in [0, 0.05) is 35.1 Å². The molecule has 1 N–H and O–H groups in total. The van der Waals surface area contributed by atoms with Crippen LogP contribution in [0.3, 0.4) is 0 Å². The minimum Gasteiger partial charge on any atom is -0.298 e. The molecule has 0 fully saturated rings. The number of rotatable bonds is 5. The second kappa shape index (κ2) is 8.00. The molecule has 0 unspecified atom stereocenters. The van der Waals surface area contributed by atoms with Gasteiger partial charge in [0.05, 0.1) is 10.6 Å². The van der Waals surface area contributed by atoms with Crippen LogP contribution in [0.25, 0.3) is 11.3 Å². The third-order valence-corrected chi connectivity index (χ3v) is 7.00. The Morgan fingerprint density at radius 3 is 2.25 bits per heavy atom. The van der Waals surface area contributed by atoms with E-state index in [9.17, 15) is 13.2 Å². The zero-order chi connectivity index (χ0) is 20.5. The van der Waals surface area contributed by atoms with Crippen molar-refractivity contribution in [1.82, 2.24) is 9.29 Å². The van der Waals surface area contributed by atoms with E-state index in [1.807, 2.05) is 19.1 Å². The summed E-state index contributed by atoms with van der Waals surface area (Å²) in [5, 5.41) is 3.88. The van der Waals surface area contributed by atoms with Gasteiger partial charge in [0.2, 0.25) is 10.0 Å². The molecule has 1 aromatic heterocycles. The van der Waals surface area contributed by atoms with Gasteiger partial charge in [-0.3, -0.25) is 10.1 Å². The predicted octanol–water partition coefficient (Wildman–Crippen LogP) is 4.27. The highest BCUT2D eigenvalue weighted by Gasteiger charge is 2.18. The molecule has 146 valence electrons. The zero-order valence-corrected chi connectivity index (χ0v) is 17.8.